The molecule has 2 aliphatic carbocycles. The van der Waals surface area contributed by atoms with E-state index in [0.717, 1.165) is 27.9 Å². The number of anilines is 1. The number of halogens is 1. The van der Waals surface area contributed by atoms with Crippen LogP contribution < -0.4 is 11.1 Å². The molecule has 8 heteroatoms. The fourth-order valence-corrected chi connectivity index (χ4v) is 4.74. The zero-order valence-corrected chi connectivity index (χ0v) is 16.2. The molecule has 5 rings (SSSR count). The third kappa shape index (κ3) is 2.58. The van der Waals surface area contributed by atoms with Crippen molar-refractivity contribution in [2.45, 2.75) is 19.4 Å². The van der Waals surface area contributed by atoms with Crippen LogP contribution in [0.3, 0.4) is 0 Å². The third-order valence-corrected chi connectivity index (χ3v) is 6.15. The average Bonchev–Trinajstić information content (AvgIpc) is 3.39. The van der Waals surface area contributed by atoms with Crippen molar-refractivity contribution >= 4 is 38.7 Å². The number of rotatable bonds is 4. The number of aryl methyl sites for hydroxylation is 1. The van der Waals surface area contributed by atoms with Gasteiger partial charge in [0.25, 0.3) is 0 Å². The van der Waals surface area contributed by atoms with E-state index in [1.165, 1.54) is 0 Å². The minimum Gasteiger partial charge on any atom is -0.458 e. The standard InChI is InChI=1S/C19H18BrN5O2/c1-8-2-5-12(27-8)18-24-16-15(11(20)7-22-19(16)25-18)23-14-10-4-3-9(6-10)13(14)17(21)26/h2-5,7,9-10,13-14H,6H2,1H3,(H2,21,26)(H2,22,23,24,25)/t9-,10-,13+,14-/m1/s1. The Morgan fingerprint density at radius 2 is 2.19 bits per heavy atom. The highest BCUT2D eigenvalue weighted by molar-refractivity contribution is 9.10. The van der Waals surface area contributed by atoms with Crippen LogP contribution in [0.2, 0.25) is 0 Å². The molecule has 1 amide bonds. The van der Waals surface area contributed by atoms with E-state index in [2.05, 4.69) is 48.4 Å². The molecular formula is C19H18BrN5O2. The fourth-order valence-electron chi connectivity index (χ4n) is 4.33. The van der Waals surface area contributed by atoms with Gasteiger partial charge in [0.1, 0.15) is 11.3 Å². The van der Waals surface area contributed by atoms with Gasteiger partial charge in [-0.25, -0.2) is 9.97 Å². The van der Waals surface area contributed by atoms with Gasteiger partial charge in [-0.2, -0.15) is 0 Å². The molecule has 7 nitrogen and oxygen atoms in total. The summed E-state index contributed by atoms with van der Waals surface area (Å²) in [4.78, 5) is 24.3. The molecule has 0 saturated heterocycles. The molecule has 0 aliphatic heterocycles. The molecule has 27 heavy (non-hydrogen) atoms. The Bertz CT molecular complexity index is 1090. The van der Waals surface area contributed by atoms with E-state index in [0.29, 0.717) is 17.2 Å². The van der Waals surface area contributed by atoms with Crippen molar-refractivity contribution in [1.29, 1.82) is 0 Å². The number of carbonyl (C=O) groups is 1. The average molecular weight is 428 g/mol. The van der Waals surface area contributed by atoms with Crippen molar-refractivity contribution in [3.63, 3.8) is 0 Å². The molecular weight excluding hydrogens is 410 g/mol. The van der Waals surface area contributed by atoms with Gasteiger partial charge in [0.2, 0.25) is 5.91 Å². The Morgan fingerprint density at radius 1 is 1.37 bits per heavy atom. The van der Waals surface area contributed by atoms with Crippen molar-refractivity contribution in [3.8, 4) is 11.6 Å². The van der Waals surface area contributed by atoms with E-state index in [4.69, 9.17) is 10.2 Å². The summed E-state index contributed by atoms with van der Waals surface area (Å²) in [7, 11) is 0. The number of aromatic nitrogens is 3. The van der Waals surface area contributed by atoms with Gasteiger partial charge in [-0.05, 0) is 53.2 Å². The molecule has 0 unspecified atom stereocenters. The van der Waals surface area contributed by atoms with Gasteiger partial charge in [-0.3, -0.25) is 4.79 Å². The van der Waals surface area contributed by atoms with Gasteiger partial charge >= 0.3 is 0 Å². The molecule has 3 heterocycles. The molecule has 138 valence electrons. The van der Waals surface area contributed by atoms with E-state index < -0.39 is 0 Å². The van der Waals surface area contributed by atoms with Crippen LogP contribution in [-0.4, -0.2) is 26.9 Å². The Labute approximate surface area is 163 Å². The maximum atomic E-state index is 12.0. The Hall–Kier alpha value is -2.61. The first kappa shape index (κ1) is 16.6. The van der Waals surface area contributed by atoms with Gasteiger partial charge < -0.3 is 20.5 Å². The summed E-state index contributed by atoms with van der Waals surface area (Å²) in [5.41, 5.74) is 7.87. The SMILES string of the molecule is Cc1ccc(-c2nc3ncc(Br)c(N[C@H]4[C@@H](C(N)=O)[C@@H]5C=C[C@@H]4C5)c3[nH]2)o1. The van der Waals surface area contributed by atoms with Crippen LogP contribution in [0.1, 0.15) is 12.2 Å². The molecule has 2 bridgehead atoms. The van der Waals surface area contributed by atoms with Crippen molar-refractivity contribution in [1.82, 2.24) is 15.0 Å². The van der Waals surface area contributed by atoms with Gasteiger partial charge in [0.15, 0.2) is 17.2 Å². The van der Waals surface area contributed by atoms with Crippen LogP contribution in [0.15, 0.2) is 39.4 Å². The van der Waals surface area contributed by atoms with Crippen LogP contribution in [0.25, 0.3) is 22.7 Å². The number of furan rings is 1. The third-order valence-electron chi connectivity index (χ3n) is 5.55. The van der Waals surface area contributed by atoms with E-state index in [-0.39, 0.29) is 29.7 Å². The normalized spacial score (nSPS) is 26.1. The predicted octanol–water partition coefficient (Wildman–Crippen LogP) is 3.38. The number of hydrogen-bond donors (Lipinski definition) is 3. The number of H-pyrrole nitrogens is 1. The summed E-state index contributed by atoms with van der Waals surface area (Å²) >= 11 is 3.57. The Balaban J connectivity index is 1.56. The molecule has 4 atom stereocenters. The van der Waals surface area contributed by atoms with Gasteiger partial charge in [-0.1, -0.05) is 12.2 Å². The van der Waals surface area contributed by atoms with Crippen molar-refractivity contribution in [3.05, 3.63) is 40.7 Å². The number of hydrogen-bond acceptors (Lipinski definition) is 5. The lowest BCUT2D eigenvalue weighted by Crippen LogP contribution is -2.41. The number of allylic oxidation sites excluding steroid dienone is 1. The summed E-state index contributed by atoms with van der Waals surface area (Å²) < 4.78 is 6.47. The molecule has 1 fully saturated rings. The number of fused-ring (bicyclic) bond motifs is 3. The number of primary amides is 1. The Morgan fingerprint density at radius 3 is 2.93 bits per heavy atom. The molecule has 3 aromatic rings. The first-order valence-corrected chi connectivity index (χ1v) is 9.66. The first-order chi connectivity index (χ1) is 13.0. The predicted molar refractivity (Wildman–Crippen MR) is 105 cm³/mol. The van der Waals surface area contributed by atoms with Crippen LogP contribution in [0.5, 0.6) is 0 Å². The lowest BCUT2D eigenvalue weighted by Gasteiger charge is -2.28. The van der Waals surface area contributed by atoms with Gasteiger partial charge in [0.05, 0.1) is 16.1 Å². The number of nitrogens with one attached hydrogen (secondary N) is 2. The summed E-state index contributed by atoms with van der Waals surface area (Å²) in [5.74, 6) is 2.11. The second kappa shape index (κ2) is 5.95. The first-order valence-electron chi connectivity index (χ1n) is 8.86. The van der Waals surface area contributed by atoms with Crippen LogP contribution in [0.4, 0.5) is 5.69 Å². The lowest BCUT2D eigenvalue weighted by atomic mass is 9.88. The quantitative estimate of drug-likeness (QED) is 0.552. The van der Waals surface area contributed by atoms with E-state index >= 15 is 0 Å². The minimum atomic E-state index is -0.262. The summed E-state index contributed by atoms with van der Waals surface area (Å²) in [5, 5.41) is 3.54. The maximum absolute atomic E-state index is 12.0. The highest BCUT2D eigenvalue weighted by Gasteiger charge is 2.47. The largest absolute Gasteiger partial charge is 0.458 e. The number of pyridine rings is 1. The van der Waals surface area contributed by atoms with Crippen molar-refractivity contribution in [2.24, 2.45) is 23.5 Å². The number of aromatic amines is 1. The highest BCUT2D eigenvalue weighted by atomic mass is 79.9. The summed E-state index contributed by atoms with van der Waals surface area (Å²) in [6.07, 6.45) is 6.96. The van der Waals surface area contributed by atoms with Crippen LogP contribution >= 0.6 is 15.9 Å². The van der Waals surface area contributed by atoms with Gasteiger partial charge in [0, 0.05) is 12.2 Å². The number of amides is 1. The fraction of sp³-hybridized carbons (Fsp3) is 0.316. The second-order valence-corrected chi connectivity index (χ2v) is 8.08. The van der Waals surface area contributed by atoms with Crippen molar-refractivity contribution in [2.75, 3.05) is 5.32 Å². The molecule has 0 radical (unpaired) electrons. The maximum Gasteiger partial charge on any atom is 0.223 e. The molecule has 0 spiro atoms. The molecule has 3 aromatic heterocycles. The van der Waals surface area contributed by atoms with E-state index in [9.17, 15) is 4.79 Å². The highest BCUT2D eigenvalue weighted by Crippen LogP contribution is 2.46. The molecule has 2 aliphatic rings. The monoisotopic (exact) mass is 427 g/mol. The van der Waals surface area contributed by atoms with Gasteiger partial charge in [-0.15, -0.1) is 0 Å². The molecule has 0 aromatic carbocycles. The number of carbonyl (C=O) groups excluding carboxylic acids is 1. The van der Waals surface area contributed by atoms with Crippen molar-refractivity contribution < 1.29 is 9.21 Å². The smallest absolute Gasteiger partial charge is 0.223 e. The second-order valence-electron chi connectivity index (χ2n) is 7.22. The number of nitrogens with zero attached hydrogens (tertiary/aromatic N) is 2. The minimum absolute atomic E-state index is 0.0444. The van der Waals surface area contributed by atoms with Crippen LogP contribution in [-0.2, 0) is 4.79 Å². The van der Waals surface area contributed by atoms with Crippen LogP contribution in [0, 0.1) is 24.7 Å². The summed E-state index contributed by atoms with van der Waals surface area (Å²) in [6.45, 7) is 1.89. The zero-order valence-electron chi connectivity index (χ0n) is 14.6. The lowest BCUT2D eigenvalue weighted by molar-refractivity contribution is -0.122. The number of nitrogens with two attached hydrogens (primary N) is 1. The molecule has 1 saturated carbocycles. The Kier molecular flexibility index (Phi) is 3.65. The molecule has 4 N–H and O–H groups in total. The zero-order chi connectivity index (χ0) is 18.7. The number of imidazole rings is 1. The van der Waals surface area contributed by atoms with E-state index in [1.807, 2.05) is 19.1 Å². The van der Waals surface area contributed by atoms with E-state index in [1.54, 1.807) is 6.20 Å². The summed E-state index contributed by atoms with van der Waals surface area (Å²) in [6, 6.07) is 3.72. The topological polar surface area (TPSA) is 110 Å².